The Kier molecular flexibility index (Phi) is 2.49. The molecule has 6 heteroatoms. The standard InChI is InChI=1S/C8H11NO5/c9-8(13,14)7(11,12)5-2-1-3-6(10)4-5/h1-4,10-14H,9H2. The third kappa shape index (κ3) is 1.84. The van der Waals surface area contributed by atoms with Gasteiger partial charge in [0, 0.05) is 5.56 Å². The SMILES string of the molecule is NC(O)(O)C(O)(O)c1cccc(O)c1. The fraction of sp³-hybridized carbons (Fsp3) is 0.250. The van der Waals surface area contributed by atoms with Crippen LogP contribution in [0.5, 0.6) is 5.75 Å². The number of aromatic hydroxyl groups is 1. The van der Waals surface area contributed by atoms with Crippen molar-refractivity contribution in [3.8, 4) is 5.75 Å². The molecule has 0 unspecified atom stereocenters. The molecular weight excluding hydrogens is 190 g/mol. The van der Waals surface area contributed by atoms with Crippen LogP contribution in [0.15, 0.2) is 24.3 Å². The molecule has 0 amide bonds. The maximum atomic E-state index is 9.27. The van der Waals surface area contributed by atoms with Crippen LogP contribution in [0.4, 0.5) is 0 Å². The van der Waals surface area contributed by atoms with E-state index in [4.69, 9.17) is 21.1 Å². The van der Waals surface area contributed by atoms with E-state index in [9.17, 15) is 10.2 Å². The molecule has 78 valence electrons. The van der Waals surface area contributed by atoms with Crippen LogP contribution in [0.25, 0.3) is 0 Å². The van der Waals surface area contributed by atoms with Crippen LogP contribution in [0.2, 0.25) is 0 Å². The summed E-state index contributed by atoms with van der Waals surface area (Å²) in [5, 5.41) is 45.2. The van der Waals surface area contributed by atoms with Crippen LogP contribution in [0.1, 0.15) is 5.56 Å². The van der Waals surface area contributed by atoms with Gasteiger partial charge in [-0.15, -0.1) is 0 Å². The maximum Gasteiger partial charge on any atom is 0.281 e. The average Bonchev–Trinajstić information content (AvgIpc) is 2.02. The van der Waals surface area contributed by atoms with E-state index >= 15 is 0 Å². The van der Waals surface area contributed by atoms with Gasteiger partial charge < -0.3 is 25.5 Å². The van der Waals surface area contributed by atoms with E-state index in [0.717, 1.165) is 6.07 Å². The number of aliphatic hydroxyl groups is 4. The van der Waals surface area contributed by atoms with Gasteiger partial charge in [0.1, 0.15) is 5.75 Å². The highest BCUT2D eigenvalue weighted by Gasteiger charge is 2.46. The summed E-state index contributed by atoms with van der Waals surface area (Å²) >= 11 is 0. The lowest BCUT2D eigenvalue weighted by molar-refractivity contribution is -0.363. The summed E-state index contributed by atoms with van der Waals surface area (Å²) in [5.41, 5.74) is 4.40. The first-order valence-electron chi connectivity index (χ1n) is 3.73. The Labute approximate surface area is 79.5 Å². The number of phenolic OH excluding ortho intramolecular Hbond substituents is 1. The number of hydrogen-bond acceptors (Lipinski definition) is 6. The number of rotatable bonds is 2. The molecule has 1 aromatic carbocycles. The van der Waals surface area contributed by atoms with Gasteiger partial charge in [-0.05, 0) is 12.1 Å². The van der Waals surface area contributed by atoms with E-state index in [2.05, 4.69) is 0 Å². The predicted octanol–water partition coefficient (Wildman–Crippen LogP) is -1.87. The summed E-state index contributed by atoms with van der Waals surface area (Å²) in [6, 6.07) is 4.71. The lowest BCUT2D eigenvalue weighted by Gasteiger charge is -2.31. The zero-order valence-corrected chi connectivity index (χ0v) is 7.12. The topological polar surface area (TPSA) is 127 Å². The highest BCUT2D eigenvalue weighted by atomic mass is 16.6. The lowest BCUT2D eigenvalue weighted by atomic mass is 10.0. The van der Waals surface area contributed by atoms with E-state index in [1.165, 1.54) is 18.2 Å². The smallest absolute Gasteiger partial charge is 0.281 e. The molecule has 0 aliphatic rings. The summed E-state index contributed by atoms with van der Waals surface area (Å²) < 4.78 is 0. The van der Waals surface area contributed by atoms with Gasteiger partial charge in [-0.2, -0.15) is 0 Å². The Balaban J connectivity index is 3.16. The Morgan fingerprint density at radius 3 is 2.07 bits per heavy atom. The largest absolute Gasteiger partial charge is 0.508 e. The van der Waals surface area contributed by atoms with Crippen molar-refractivity contribution < 1.29 is 25.5 Å². The summed E-state index contributed by atoms with van der Waals surface area (Å²) in [5.74, 6) is -6.51. The zero-order chi connectivity index (χ0) is 11.0. The van der Waals surface area contributed by atoms with Gasteiger partial charge in [0.2, 0.25) is 0 Å². The quantitative estimate of drug-likeness (QED) is 0.311. The highest BCUT2D eigenvalue weighted by Crippen LogP contribution is 2.27. The van der Waals surface area contributed by atoms with E-state index in [1.54, 1.807) is 0 Å². The van der Waals surface area contributed by atoms with E-state index in [0.29, 0.717) is 0 Å². The normalized spacial score (nSPS) is 12.9. The van der Waals surface area contributed by atoms with Gasteiger partial charge in [-0.3, -0.25) is 5.73 Å². The number of benzene rings is 1. The van der Waals surface area contributed by atoms with E-state index in [1.807, 2.05) is 0 Å². The molecule has 14 heavy (non-hydrogen) atoms. The van der Waals surface area contributed by atoms with Gasteiger partial charge >= 0.3 is 0 Å². The second-order valence-electron chi connectivity index (χ2n) is 2.95. The predicted molar refractivity (Wildman–Crippen MR) is 45.6 cm³/mol. The first kappa shape index (κ1) is 10.9. The van der Waals surface area contributed by atoms with Gasteiger partial charge in [-0.25, -0.2) is 0 Å². The molecule has 1 aromatic rings. The minimum Gasteiger partial charge on any atom is -0.508 e. The third-order valence-electron chi connectivity index (χ3n) is 1.76. The molecule has 0 saturated carbocycles. The second kappa shape index (κ2) is 3.19. The van der Waals surface area contributed by atoms with Crippen molar-refractivity contribution in [2.75, 3.05) is 0 Å². The highest BCUT2D eigenvalue weighted by molar-refractivity contribution is 5.30. The van der Waals surface area contributed by atoms with Crippen molar-refractivity contribution >= 4 is 0 Å². The second-order valence-corrected chi connectivity index (χ2v) is 2.95. The molecule has 0 aliphatic carbocycles. The van der Waals surface area contributed by atoms with Gasteiger partial charge in [-0.1, -0.05) is 12.1 Å². The van der Waals surface area contributed by atoms with Crippen LogP contribution < -0.4 is 5.73 Å². The first-order valence-corrected chi connectivity index (χ1v) is 3.73. The van der Waals surface area contributed by atoms with E-state index < -0.39 is 11.7 Å². The molecule has 6 nitrogen and oxygen atoms in total. The van der Waals surface area contributed by atoms with Crippen LogP contribution in [0.3, 0.4) is 0 Å². The minimum absolute atomic E-state index is 0.251. The average molecular weight is 201 g/mol. The molecule has 0 heterocycles. The Bertz CT molecular complexity index is 331. The molecule has 0 bridgehead atoms. The van der Waals surface area contributed by atoms with Crippen molar-refractivity contribution in [2.45, 2.75) is 11.7 Å². The molecule has 0 saturated heterocycles. The fourth-order valence-corrected chi connectivity index (χ4v) is 0.935. The molecule has 0 fully saturated rings. The minimum atomic E-state index is -3.21. The molecule has 0 spiro atoms. The monoisotopic (exact) mass is 201 g/mol. The third-order valence-corrected chi connectivity index (χ3v) is 1.76. The van der Waals surface area contributed by atoms with Crippen molar-refractivity contribution in [3.63, 3.8) is 0 Å². The molecule has 0 atom stereocenters. The Hall–Kier alpha value is -1.18. The summed E-state index contributed by atoms with van der Waals surface area (Å²) in [7, 11) is 0. The number of nitrogens with two attached hydrogens (primary N) is 1. The van der Waals surface area contributed by atoms with Gasteiger partial charge in [0.05, 0.1) is 0 Å². The molecule has 0 radical (unpaired) electrons. The van der Waals surface area contributed by atoms with Gasteiger partial charge in [0.25, 0.3) is 11.7 Å². The van der Waals surface area contributed by atoms with Crippen molar-refractivity contribution in [3.05, 3.63) is 29.8 Å². The lowest BCUT2D eigenvalue weighted by Crippen LogP contribution is -2.58. The Morgan fingerprint density at radius 2 is 1.64 bits per heavy atom. The summed E-state index contributed by atoms with van der Waals surface area (Å²) in [4.78, 5) is 0. The number of hydrogen-bond donors (Lipinski definition) is 6. The van der Waals surface area contributed by atoms with Crippen LogP contribution in [-0.2, 0) is 5.79 Å². The molecular formula is C8H11NO5. The number of phenols is 1. The van der Waals surface area contributed by atoms with Crippen LogP contribution in [0, 0.1) is 0 Å². The Morgan fingerprint density at radius 1 is 1.07 bits per heavy atom. The van der Waals surface area contributed by atoms with E-state index in [-0.39, 0.29) is 11.3 Å². The van der Waals surface area contributed by atoms with Crippen LogP contribution >= 0.6 is 0 Å². The van der Waals surface area contributed by atoms with Crippen LogP contribution in [-0.4, -0.2) is 31.4 Å². The molecule has 1 rings (SSSR count). The van der Waals surface area contributed by atoms with Crippen molar-refractivity contribution in [1.82, 2.24) is 0 Å². The van der Waals surface area contributed by atoms with Crippen molar-refractivity contribution in [1.29, 1.82) is 0 Å². The summed E-state index contributed by atoms with van der Waals surface area (Å²) in [6.45, 7) is 0. The maximum absolute atomic E-state index is 9.27. The fourth-order valence-electron chi connectivity index (χ4n) is 0.935. The van der Waals surface area contributed by atoms with Gasteiger partial charge in [0.15, 0.2) is 0 Å². The molecule has 0 aliphatic heterocycles. The first-order chi connectivity index (χ1) is 6.25. The zero-order valence-electron chi connectivity index (χ0n) is 7.12. The summed E-state index contributed by atoms with van der Waals surface area (Å²) in [6.07, 6.45) is 0. The van der Waals surface area contributed by atoms with Crippen molar-refractivity contribution in [2.24, 2.45) is 5.73 Å². The molecule has 7 N–H and O–H groups in total. The molecule has 0 aromatic heterocycles.